The number of carboxylic acid groups (broad SMARTS) is 1. The van der Waals surface area contributed by atoms with Gasteiger partial charge in [-0.15, -0.1) is 23.2 Å². The summed E-state index contributed by atoms with van der Waals surface area (Å²) in [5.41, 5.74) is -0.874. The molecule has 32 heavy (non-hydrogen) atoms. The largest absolute Gasteiger partial charge is 0.481 e. The van der Waals surface area contributed by atoms with Crippen LogP contribution in [0.25, 0.3) is 10.1 Å². The van der Waals surface area contributed by atoms with E-state index in [1.54, 1.807) is 37.3 Å². The smallest absolute Gasteiger partial charge is 0.303 e. The average Bonchev–Trinajstić information content (AvgIpc) is 3.21. The van der Waals surface area contributed by atoms with Gasteiger partial charge in [0.25, 0.3) is 0 Å². The van der Waals surface area contributed by atoms with Gasteiger partial charge in [0.05, 0.1) is 17.6 Å². The van der Waals surface area contributed by atoms with Gasteiger partial charge in [0.2, 0.25) is 0 Å². The zero-order valence-electron chi connectivity index (χ0n) is 18.5. The van der Waals surface area contributed by atoms with Crippen LogP contribution in [0.3, 0.4) is 0 Å². The van der Waals surface area contributed by atoms with Crippen molar-refractivity contribution in [1.29, 1.82) is 0 Å². The van der Waals surface area contributed by atoms with E-state index in [0.29, 0.717) is 25.7 Å². The Morgan fingerprint density at radius 1 is 1.28 bits per heavy atom. The number of rotatable bonds is 8. The number of ketones is 1. The van der Waals surface area contributed by atoms with Crippen molar-refractivity contribution in [2.24, 2.45) is 17.3 Å². The molecule has 1 aliphatic rings. The van der Waals surface area contributed by atoms with Gasteiger partial charge in [0.15, 0.2) is 0 Å². The number of aliphatic carboxylic acids is 1. The van der Waals surface area contributed by atoms with Crippen molar-refractivity contribution in [1.82, 2.24) is 0 Å². The predicted octanol–water partition coefficient (Wildman–Crippen LogP) is 4.21. The number of Topliss-reactive ketones (excluding diaryl/α,β-unsaturated/α-hetero) is 1. The highest BCUT2D eigenvalue weighted by atomic mass is 32.1. The van der Waals surface area contributed by atoms with Gasteiger partial charge in [-0.2, -0.15) is 0 Å². The molecule has 1 aromatic carbocycles. The molecular formula is C26H30O5S. The third-order valence-electron chi connectivity index (χ3n) is 6.12. The van der Waals surface area contributed by atoms with Crippen LogP contribution in [-0.2, 0) is 16.0 Å². The summed E-state index contributed by atoms with van der Waals surface area (Å²) in [5, 5.41) is 31.2. The van der Waals surface area contributed by atoms with E-state index in [4.69, 9.17) is 5.11 Å². The zero-order valence-corrected chi connectivity index (χ0v) is 19.3. The first kappa shape index (κ1) is 24.2. The molecule has 6 heteroatoms. The van der Waals surface area contributed by atoms with Crippen molar-refractivity contribution >= 4 is 33.2 Å². The Morgan fingerprint density at radius 3 is 2.75 bits per heavy atom. The van der Waals surface area contributed by atoms with Crippen molar-refractivity contribution in [3.05, 3.63) is 47.4 Å². The lowest BCUT2D eigenvalue weighted by molar-refractivity contribution is -0.137. The summed E-state index contributed by atoms with van der Waals surface area (Å²) in [4.78, 5) is 24.5. The highest BCUT2D eigenvalue weighted by Gasteiger charge is 2.53. The molecule has 1 aliphatic carbocycles. The maximum Gasteiger partial charge on any atom is 0.303 e. The van der Waals surface area contributed by atoms with Gasteiger partial charge in [-0.3, -0.25) is 9.59 Å². The first-order chi connectivity index (χ1) is 15.2. The molecule has 1 saturated carbocycles. The van der Waals surface area contributed by atoms with E-state index in [9.17, 15) is 19.8 Å². The molecule has 2 aromatic rings. The molecule has 0 bridgehead atoms. The van der Waals surface area contributed by atoms with Crippen LogP contribution in [0.1, 0.15) is 44.4 Å². The molecule has 3 rings (SSSR count). The number of carbonyl (C=O) groups excluding carboxylic acids is 1. The van der Waals surface area contributed by atoms with Crippen LogP contribution in [0.15, 0.2) is 42.5 Å². The maximum atomic E-state index is 12.9. The number of carbonyl (C=O) groups is 2. The molecule has 5 nitrogen and oxygen atoms in total. The normalized spacial score (nSPS) is 23.4. The van der Waals surface area contributed by atoms with Gasteiger partial charge in [-0.25, -0.2) is 0 Å². The minimum atomic E-state index is -0.874. The van der Waals surface area contributed by atoms with Gasteiger partial charge in [-0.05, 0) is 23.9 Å². The van der Waals surface area contributed by atoms with Crippen LogP contribution in [-0.4, -0.2) is 39.3 Å². The van der Waals surface area contributed by atoms with Gasteiger partial charge >= 0.3 is 5.97 Å². The van der Waals surface area contributed by atoms with E-state index < -0.39 is 35.4 Å². The Labute approximate surface area is 192 Å². The Bertz CT molecular complexity index is 1020. The van der Waals surface area contributed by atoms with Crippen molar-refractivity contribution in [2.45, 2.75) is 58.2 Å². The number of thiophene rings is 1. The lowest BCUT2D eigenvalue weighted by Gasteiger charge is -2.22. The Morgan fingerprint density at radius 2 is 2.03 bits per heavy atom. The van der Waals surface area contributed by atoms with Crippen LogP contribution in [0.5, 0.6) is 0 Å². The minimum Gasteiger partial charge on any atom is -0.481 e. The second kappa shape index (κ2) is 10.4. The molecule has 0 radical (unpaired) electrons. The topological polar surface area (TPSA) is 94.8 Å². The summed E-state index contributed by atoms with van der Waals surface area (Å²) in [5.74, 6) is 4.20. The molecule has 0 amide bonds. The number of unbranched alkanes of at least 4 members (excludes halogenated alkanes) is 1. The zero-order chi connectivity index (χ0) is 23.3. The monoisotopic (exact) mass is 454 g/mol. The Kier molecular flexibility index (Phi) is 7.89. The summed E-state index contributed by atoms with van der Waals surface area (Å²) >= 11 is 1.65. The average molecular weight is 455 g/mol. The highest BCUT2D eigenvalue weighted by Crippen LogP contribution is 2.44. The van der Waals surface area contributed by atoms with E-state index in [-0.39, 0.29) is 12.2 Å². The number of fused-ring (bicyclic) bond motifs is 1. The van der Waals surface area contributed by atoms with Crippen LogP contribution in [0.4, 0.5) is 0 Å². The van der Waals surface area contributed by atoms with Crippen molar-refractivity contribution < 1.29 is 24.9 Å². The lowest BCUT2D eigenvalue weighted by atomic mass is 9.86. The Balaban J connectivity index is 1.65. The molecule has 0 saturated heterocycles. The van der Waals surface area contributed by atoms with Gasteiger partial charge < -0.3 is 15.3 Å². The summed E-state index contributed by atoms with van der Waals surface area (Å²) in [6, 6.07) is 10.2. The molecule has 0 aliphatic heterocycles. The Hall–Kier alpha value is -2.46. The summed E-state index contributed by atoms with van der Waals surface area (Å²) < 4.78 is 1.18. The number of hydrogen-bond acceptors (Lipinski definition) is 5. The quantitative estimate of drug-likeness (QED) is 0.316. The first-order valence-electron chi connectivity index (χ1n) is 10.9. The molecule has 1 heterocycles. The van der Waals surface area contributed by atoms with Crippen LogP contribution in [0, 0.1) is 29.1 Å². The third kappa shape index (κ3) is 5.66. The number of aliphatic hydroxyl groups is 2. The van der Waals surface area contributed by atoms with Gasteiger partial charge in [0, 0.05) is 47.1 Å². The van der Waals surface area contributed by atoms with E-state index in [1.807, 2.05) is 18.2 Å². The van der Waals surface area contributed by atoms with Crippen LogP contribution >= 0.6 is 11.3 Å². The second-order valence-corrected chi connectivity index (χ2v) is 10.1. The fraction of sp³-hybridized carbons (Fsp3) is 0.462. The van der Waals surface area contributed by atoms with Crippen molar-refractivity contribution in [3.8, 4) is 11.8 Å². The number of hydrogen-bond donors (Lipinski definition) is 3. The number of benzene rings is 1. The molecule has 3 N–H and O–H groups in total. The van der Waals surface area contributed by atoms with E-state index >= 15 is 0 Å². The van der Waals surface area contributed by atoms with E-state index in [1.165, 1.54) is 4.70 Å². The third-order valence-corrected chi connectivity index (χ3v) is 7.26. The standard InChI is InChI=1S/C26H30O5S/c1-26(2)24(30)20(10-5-3-4-6-12-23(28)29)21(25(26)31)14-13-18(27)16-19-15-17-9-7-8-11-22(17)32-19/h7-9,11,13-15,18,20-21,25,27,31H,4,6,10,12,16H2,1-2H3,(H,28,29)/t18?,20-,21-,25+/m1/s1. The summed E-state index contributed by atoms with van der Waals surface area (Å²) in [6.07, 6.45) is 3.70. The fourth-order valence-corrected chi connectivity index (χ4v) is 5.35. The van der Waals surface area contributed by atoms with Gasteiger partial charge in [-0.1, -0.05) is 44.2 Å². The van der Waals surface area contributed by atoms with Crippen LogP contribution in [0.2, 0.25) is 0 Å². The second-order valence-electron chi connectivity index (χ2n) is 8.93. The number of carboxylic acids is 1. The predicted molar refractivity (Wildman–Crippen MR) is 126 cm³/mol. The lowest BCUT2D eigenvalue weighted by Crippen LogP contribution is -2.31. The molecule has 1 unspecified atom stereocenters. The molecule has 170 valence electrons. The molecular weight excluding hydrogens is 424 g/mol. The van der Waals surface area contributed by atoms with E-state index in [0.717, 1.165) is 10.3 Å². The molecule has 0 spiro atoms. The van der Waals surface area contributed by atoms with Gasteiger partial charge in [0.1, 0.15) is 5.78 Å². The minimum absolute atomic E-state index is 0.0292. The number of aliphatic hydroxyl groups excluding tert-OH is 2. The first-order valence-corrected chi connectivity index (χ1v) is 11.8. The van der Waals surface area contributed by atoms with Crippen LogP contribution < -0.4 is 0 Å². The van der Waals surface area contributed by atoms with Crippen molar-refractivity contribution in [2.75, 3.05) is 0 Å². The molecule has 4 atom stereocenters. The summed E-state index contributed by atoms with van der Waals surface area (Å²) in [6.45, 7) is 3.49. The van der Waals surface area contributed by atoms with E-state index in [2.05, 4.69) is 24.0 Å². The maximum absolute atomic E-state index is 12.9. The molecule has 1 aromatic heterocycles. The van der Waals surface area contributed by atoms with Crippen molar-refractivity contribution in [3.63, 3.8) is 0 Å². The fourth-order valence-electron chi connectivity index (χ4n) is 4.23. The summed E-state index contributed by atoms with van der Waals surface area (Å²) in [7, 11) is 0. The molecule has 1 fully saturated rings. The highest BCUT2D eigenvalue weighted by molar-refractivity contribution is 7.19. The SMILES string of the molecule is CC1(C)C(=O)[C@H](CC#CCCCC(=O)O)[C@@H](C=CC(O)Cc2cc3ccccc3s2)[C@@H]1O.